The number of ketones is 1. The molecule has 1 atom stereocenters. The zero-order valence-electron chi connectivity index (χ0n) is 12.7. The molecule has 2 rings (SSSR count). The molecule has 4 nitrogen and oxygen atoms in total. The monoisotopic (exact) mass is 318 g/mol. The van der Waals surface area contributed by atoms with Gasteiger partial charge in [-0.15, -0.1) is 0 Å². The van der Waals surface area contributed by atoms with Gasteiger partial charge in [-0.3, -0.25) is 4.79 Å². The summed E-state index contributed by atoms with van der Waals surface area (Å²) in [6, 6.07) is 12.9. The Hall–Kier alpha value is -2.14. The molecule has 0 fully saturated rings. The van der Waals surface area contributed by atoms with Gasteiger partial charge in [-0.2, -0.15) is 0 Å². The second-order valence-electron chi connectivity index (χ2n) is 5.09. The van der Waals surface area contributed by atoms with Crippen molar-refractivity contribution in [2.75, 3.05) is 7.11 Å². The molecule has 0 aliphatic carbocycles. The van der Waals surface area contributed by atoms with Gasteiger partial charge in [0.2, 0.25) is 0 Å². The summed E-state index contributed by atoms with van der Waals surface area (Å²) < 4.78 is 30.1. The lowest BCUT2D eigenvalue weighted by molar-refractivity contribution is 0.0991. The molecule has 5 heteroatoms. The van der Waals surface area contributed by atoms with E-state index in [0.717, 1.165) is 5.56 Å². The molecule has 0 aliphatic rings. The van der Waals surface area contributed by atoms with Crippen LogP contribution < -0.4 is 4.74 Å². The lowest BCUT2D eigenvalue weighted by Crippen LogP contribution is -2.27. The topological polar surface area (TPSA) is 60.4 Å². The first-order valence-electron chi connectivity index (χ1n) is 6.85. The summed E-state index contributed by atoms with van der Waals surface area (Å²) in [5.41, 5.74) is 1.32. The van der Waals surface area contributed by atoms with Gasteiger partial charge in [-0.1, -0.05) is 17.7 Å². The van der Waals surface area contributed by atoms with Crippen LogP contribution >= 0.6 is 0 Å². The maximum atomic E-state index is 12.5. The van der Waals surface area contributed by atoms with Crippen LogP contribution in [-0.2, 0) is 9.84 Å². The van der Waals surface area contributed by atoms with Crippen LogP contribution in [0.25, 0.3) is 0 Å². The molecule has 0 heterocycles. The minimum atomic E-state index is -3.70. The highest BCUT2D eigenvalue weighted by Crippen LogP contribution is 2.21. The third-order valence-corrected chi connectivity index (χ3v) is 5.63. The Bertz CT molecular complexity index is 759. The Morgan fingerprint density at radius 1 is 1.00 bits per heavy atom. The first-order chi connectivity index (χ1) is 10.4. The van der Waals surface area contributed by atoms with E-state index in [-0.39, 0.29) is 4.90 Å². The van der Waals surface area contributed by atoms with Crippen LogP contribution in [0.15, 0.2) is 53.4 Å². The fourth-order valence-corrected chi connectivity index (χ4v) is 3.40. The van der Waals surface area contributed by atoms with Crippen molar-refractivity contribution >= 4 is 15.6 Å². The fourth-order valence-electron chi connectivity index (χ4n) is 2.06. The molecule has 116 valence electrons. The van der Waals surface area contributed by atoms with Crippen molar-refractivity contribution in [2.24, 2.45) is 0 Å². The summed E-state index contributed by atoms with van der Waals surface area (Å²) in [5, 5.41) is -1.14. The summed E-state index contributed by atoms with van der Waals surface area (Å²) >= 11 is 0. The number of ether oxygens (including phenoxy) is 1. The first kappa shape index (κ1) is 16.2. The van der Waals surface area contributed by atoms with Gasteiger partial charge in [-0.25, -0.2) is 8.42 Å². The third-order valence-electron chi connectivity index (χ3n) is 3.56. The van der Waals surface area contributed by atoms with Crippen LogP contribution in [0.1, 0.15) is 22.8 Å². The van der Waals surface area contributed by atoms with Crippen molar-refractivity contribution in [3.63, 3.8) is 0 Å². The predicted molar refractivity (Wildman–Crippen MR) is 85.2 cm³/mol. The number of hydrogen-bond acceptors (Lipinski definition) is 4. The van der Waals surface area contributed by atoms with Gasteiger partial charge in [0, 0.05) is 5.56 Å². The molecular weight excluding hydrogens is 300 g/mol. The Labute approximate surface area is 130 Å². The third kappa shape index (κ3) is 3.20. The average Bonchev–Trinajstić information content (AvgIpc) is 2.54. The number of sulfone groups is 1. The summed E-state index contributed by atoms with van der Waals surface area (Å²) in [6.45, 7) is 3.30. The molecule has 0 saturated carbocycles. The van der Waals surface area contributed by atoms with Crippen LogP contribution in [0.3, 0.4) is 0 Å². The second-order valence-corrected chi connectivity index (χ2v) is 7.36. The van der Waals surface area contributed by atoms with Crippen molar-refractivity contribution in [1.82, 2.24) is 0 Å². The van der Waals surface area contributed by atoms with Crippen LogP contribution in [0.2, 0.25) is 0 Å². The molecule has 0 amide bonds. The van der Waals surface area contributed by atoms with Gasteiger partial charge >= 0.3 is 0 Å². The van der Waals surface area contributed by atoms with E-state index in [9.17, 15) is 13.2 Å². The lowest BCUT2D eigenvalue weighted by atomic mass is 10.1. The van der Waals surface area contributed by atoms with E-state index in [1.165, 1.54) is 26.2 Å². The highest BCUT2D eigenvalue weighted by atomic mass is 32.2. The highest BCUT2D eigenvalue weighted by Gasteiger charge is 2.30. The van der Waals surface area contributed by atoms with Crippen LogP contribution in [0, 0.1) is 6.92 Å². The minimum Gasteiger partial charge on any atom is -0.497 e. The standard InChI is InChI=1S/C17H18O4S/c1-12-4-10-16(11-5-12)22(19,20)13(2)17(18)14-6-8-15(21-3)9-7-14/h4-11,13H,1-3H3/t13-/m0/s1. The predicted octanol–water partition coefficient (Wildman–Crippen LogP) is 3.05. The van der Waals surface area contributed by atoms with Gasteiger partial charge in [0.15, 0.2) is 15.6 Å². The summed E-state index contributed by atoms with van der Waals surface area (Å²) in [7, 11) is -2.17. The van der Waals surface area contributed by atoms with Crippen molar-refractivity contribution in [3.8, 4) is 5.75 Å². The molecule has 0 aliphatic heterocycles. The molecule has 0 radical (unpaired) electrons. The SMILES string of the molecule is COc1ccc(C(=O)[C@H](C)S(=O)(=O)c2ccc(C)cc2)cc1. The molecule has 2 aromatic carbocycles. The summed E-state index contributed by atoms with van der Waals surface area (Å²) in [5.74, 6) is 0.189. The van der Waals surface area contributed by atoms with E-state index in [1.54, 1.807) is 36.4 Å². The van der Waals surface area contributed by atoms with E-state index in [1.807, 2.05) is 6.92 Å². The normalized spacial score (nSPS) is 12.7. The molecule has 0 bridgehead atoms. The minimum absolute atomic E-state index is 0.160. The molecule has 0 spiro atoms. The number of benzene rings is 2. The van der Waals surface area contributed by atoms with E-state index in [2.05, 4.69) is 0 Å². The van der Waals surface area contributed by atoms with Crippen molar-refractivity contribution in [1.29, 1.82) is 0 Å². The van der Waals surface area contributed by atoms with E-state index >= 15 is 0 Å². The molecule has 2 aromatic rings. The Morgan fingerprint density at radius 3 is 2.05 bits per heavy atom. The van der Waals surface area contributed by atoms with Crippen molar-refractivity contribution in [3.05, 3.63) is 59.7 Å². The van der Waals surface area contributed by atoms with E-state index < -0.39 is 20.9 Å². The van der Waals surface area contributed by atoms with Crippen LogP contribution in [-0.4, -0.2) is 26.6 Å². The van der Waals surface area contributed by atoms with E-state index in [0.29, 0.717) is 11.3 Å². The molecule has 22 heavy (non-hydrogen) atoms. The number of Topliss-reactive ketones (excluding diaryl/α,β-unsaturated/α-hetero) is 1. The van der Waals surface area contributed by atoms with Gasteiger partial charge in [0.25, 0.3) is 0 Å². The van der Waals surface area contributed by atoms with Crippen molar-refractivity contribution < 1.29 is 17.9 Å². The zero-order valence-corrected chi connectivity index (χ0v) is 13.6. The lowest BCUT2D eigenvalue weighted by Gasteiger charge is -2.12. The number of carbonyl (C=O) groups is 1. The Morgan fingerprint density at radius 2 is 1.55 bits per heavy atom. The Balaban J connectivity index is 2.30. The van der Waals surface area contributed by atoms with Gasteiger partial charge in [0.05, 0.1) is 12.0 Å². The number of carbonyl (C=O) groups excluding carboxylic acids is 1. The number of rotatable bonds is 5. The molecule has 0 saturated heterocycles. The largest absolute Gasteiger partial charge is 0.497 e. The number of methoxy groups -OCH3 is 1. The average molecular weight is 318 g/mol. The summed E-state index contributed by atoms with van der Waals surface area (Å²) in [4.78, 5) is 12.6. The molecule has 0 N–H and O–H groups in total. The number of hydrogen-bond donors (Lipinski definition) is 0. The van der Waals surface area contributed by atoms with E-state index in [4.69, 9.17) is 4.74 Å². The maximum absolute atomic E-state index is 12.5. The van der Waals surface area contributed by atoms with Gasteiger partial charge in [-0.05, 0) is 50.2 Å². The summed E-state index contributed by atoms with van der Waals surface area (Å²) in [6.07, 6.45) is 0. The first-order valence-corrected chi connectivity index (χ1v) is 8.39. The fraction of sp³-hybridized carbons (Fsp3) is 0.235. The molecule has 0 unspecified atom stereocenters. The second kappa shape index (κ2) is 6.32. The number of aryl methyl sites for hydroxylation is 1. The van der Waals surface area contributed by atoms with Crippen molar-refractivity contribution in [2.45, 2.75) is 24.0 Å². The van der Waals surface area contributed by atoms with Crippen LogP contribution in [0.4, 0.5) is 0 Å². The van der Waals surface area contributed by atoms with Gasteiger partial charge in [0.1, 0.15) is 11.0 Å². The van der Waals surface area contributed by atoms with Crippen LogP contribution in [0.5, 0.6) is 5.75 Å². The highest BCUT2D eigenvalue weighted by molar-refractivity contribution is 7.92. The maximum Gasteiger partial charge on any atom is 0.188 e. The smallest absolute Gasteiger partial charge is 0.188 e. The molecule has 0 aromatic heterocycles. The molecular formula is C17H18O4S. The zero-order chi connectivity index (χ0) is 16.3. The Kier molecular flexibility index (Phi) is 4.66. The quantitative estimate of drug-likeness (QED) is 0.795. The van der Waals surface area contributed by atoms with Gasteiger partial charge < -0.3 is 4.74 Å².